The Bertz CT molecular complexity index is 601. The van der Waals surface area contributed by atoms with Crippen molar-refractivity contribution in [3.8, 4) is 5.75 Å². The monoisotopic (exact) mass is 309 g/mol. The Hall–Kier alpha value is -2.02. The van der Waals surface area contributed by atoms with Crippen LogP contribution in [0.5, 0.6) is 5.75 Å². The van der Waals surface area contributed by atoms with E-state index in [9.17, 15) is 14.4 Å². The molecule has 0 aliphatic carbocycles. The largest absolute Gasteiger partial charge is 0.495 e. The molecule has 21 heavy (non-hydrogen) atoms. The first-order valence-electron chi connectivity index (χ1n) is 6.31. The van der Waals surface area contributed by atoms with Crippen molar-refractivity contribution >= 4 is 34.4 Å². The second-order valence-corrected chi connectivity index (χ2v) is 6.11. The van der Waals surface area contributed by atoms with Gasteiger partial charge in [0.15, 0.2) is 5.12 Å². The molecule has 1 heterocycles. The first-order chi connectivity index (χ1) is 9.92. The number of hydrogen-bond donors (Lipinski definition) is 1. The summed E-state index contributed by atoms with van der Waals surface area (Å²) in [5.74, 6) is -0.781. The molecule has 1 amide bonds. The number of carboxylic acid groups (broad SMARTS) is 1. The zero-order chi connectivity index (χ0) is 15.6. The molecule has 0 radical (unpaired) electrons. The summed E-state index contributed by atoms with van der Waals surface area (Å²) in [5.41, 5.74) is 0.510. The topological polar surface area (TPSA) is 83.9 Å². The fourth-order valence-corrected chi connectivity index (χ4v) is 3.17. The Balaban J connectivity index is 2.32. The summed E-state index contributed by atoms with van der Waals surface area (Å²) < 4.78 is 5.20. The van der Waals surface area contributed by atoms with Crippen LogP contribution in [0.2, 0.25) is 0 Å². The summed E-state index contributed by atoms with van der Waals surface area (Å²) in [4.78, 5) is 35.8. The van der Waals surface area contributed by atoms with Gasteiger partial charge >= 0.3 is 5.97 Å². The number of carbonyl (C=O) groups excluding carboxylic acids is 2. The molecule has 0 bridgehead atoms. The zero-order valence-corrected chi connectivity index (χ0v) is 12.5. The molecule has 2 rings (SSSR count). The third-order valence-electron chi connectivity index (χ3n) is 3.14. The molecular formula is C14H15NO5S. The van der Waals surface area contributed by atoms with E-state index in [2.05, 4.69) is 0 Å². The fourth-order valence-electron chi connectivity index (χ4n) is 2.26. The lowest BCUT2D eigenvalue weighted by Crippen LogP contribution is -2.25. The minimum atomic E-state index is -1.07. The van der Waals surface area contributed by atoms with E-state index < -0.39 is 5.97 Å². The molecule has 112 valence electrons. The normalized spacial score (nSPS) is 17.9. The smallest absolute Gasteiger partial charge is 0.335 e. The van der Waals surface area contributed by atoms with Crippen molar-refractivity contribution in [3.63, 3.8) is 0 Å². The van der Waals surface area contributed by atoms with E-state index in [0.717, 1.165) is 11.8 Å². The Kier molecular flexibility index (Phi) is 4.52. The molecule has 0 spiro atoms. The van der Waals surface area contributed by atoms with Gasteiger partial charge in [0.25, 0.3) is 0 Å². The van der Waals surface area contributed by atoms with Crippen LogP contribution in [-0.4, -0.2) is 41.0 Å². The van der Waals surface area contributed by atoms with Gasteiger partial charge in [-0.2, -0.15) is 0 Å². The highest BCUT2D eigenvalue weighted by Crippen LogP contribution is 2.35. The number of nitrogens with zero attached hydrogens (tertiary/aromatic N) is 1. The summed E-state index contributed by atoms with van der Waals surface area (Å²) in [7, 11) is 1.46. The average Bonchev–Trinajstić information content (AvgIpc) is 2.77. The molecule has 7 heteroatoms. The lowest BCUT2D eigenvalue weighted by Gasteiger charge is -2.20. The maximum atomic E-state index is 12.1. The molecule has 6 nitrogen and oxygen atoms in total. The van der Waals surface area contributed by atoms with Gasteiger partial charge in [-0.05, 0) is 18.2 Å². The number of methoxy groups -OCH3 is 1. The number of benzene rings is 1. The van der Waals surface area contributed by atoms with E-state index in [4.69, 9.17) is 9.84 Å². The van der Waals surface area contributed by atoms with Gasteiger partial charge in [-0.25, -0.2) is 4.79 Å². The van der Waals surface area contributed by atoms with E-state index in [1.54, 1.807) is 0 Å². The van der Waals surface area contributed by atoms with E-state index in [-0.39, 0.29) is 28.3 Å². The molecule has 1 aromatic rings. The Morgan fingerprint density at radius 1 is 1.43 bits per heavy atom. The third kappa shape index (κ3) is 3.36. The van der Waals surface area contributed by atoms with E-state index >= 15 is 0 Å². The number of carboxylic acids is 1. The number of amides is 1. The van der Waals surface area contributed by atoms with Gasteiger partial charge in [-0.1, -0.05) is 11.8 Å². The summed E-state index contributed by atoms with van der Waals surface area (Å²) in [5, 5.41) is 8.90. The van der Waals surface area contributed by atoms with Gasteiger partial charge in [-0.3, -0.25) is 9.59 Å². The molecule has 0 saturated carbocycles. The first kappa shape index (κ1) is 15.4. The van der Waals surface area contributed by atoms with Crippen LogP contribution < -0.4 is 9.64 Å². The van der Waals surface area contributed by atoms with E-state index in [0.29, 0.717) is 18.0 Å². The number of ether oxygens (including phenoxy) is 1. The molecule has 1 atom stereocenters. The van der Waals surface area contributed by atoms with Crippen LogP contribution in [0.3, 0.4) is 0 Å². The van der Waals surface area contributed by atoms with Crippen LogP contribution in [0.25, 0.3) is 0 Å². The average molecular weight is 309 g/mol. The molecule has 1 fully saturated rings. The van der Waals surface area contributed by atoms with Crippen molar-refractivity contribution in [3.05, 3.63) is 23.8 Å². The van der Waals surface area contributed by atoms with Gasteiger partial charge in [0.05, 0.1) is 18.4 Å². The summed E-state index contributed by atoms with van der Waals surface area (Å²) >= 11 is 1.13. The van der Waals surface area contributed by atoms with Crippen LogP contribution in [0, 0.1) is 0 Å². The Labute approximate surface area is 126 Å². The first-order valence-corrected chi connectivity index (χ1v) is 7.19. The van der Waals surface area contributed by atoms with Crippen molar-refractivity contribution in [1.29, 1.82) is 0 Å². The van der Waals surface area contributed by atoms with Crippen LogP contribution in [0.15, 0.2) is 18.2 Å². The predicted octanol–water partition coefficient (Wildman–Crippen LogP) is 1.78. The molecule has 1 N–H and O–H groups in total. The quantitative estimate of drug-likeness (QED) is 0.912. The number of carbonyl (C=O) groups is 3. The van der Waals surface area contributed by atoms with Gasteiger partial charge in [0.2, 0.25) is 5.91 Å². The number of hydrogen-bond acceptors (Lipinski definition) is 5. The molecule has 1 unspecified atom stereocenters. The van der Waals surface area contributed by atoms with E-state index in [1.165, 1.54) is 37.1 Å². The summed E-state index contributed by atoms with van der Waals surface area (Å²) in [6.07, 6.45) is 0.255. The Morgan fingerprint density at radius 3 is 2.71 bits per heavy atom. The van der Waals surface area contributed by atoms with Crippen molar-refractivity contribution in [2.75, 3.05) is 18.6 Å². The highest BCUT2D eigenvalue weighted by molar-refractivity contribution is 8.14. The molecule has 0 aromatic heterocycles. The predicted molar refractivity (Wildman–Crippen MR) is 79.0 cm³/mol. The molecule has 1 saturated heterocycles. The van der Waals surface area contributed by atoms with Crippen molar-refractivity contribution < 1.29 is 24.2 Å². The number of thioether (sulfide) groups is 1. The lowest BCUT2D eigenvalue weighted by atomic mass is 10.1. The van der Waals surface area contributed by atoms with Crippen molar-refractivity contribution in [1.82, 2.24) is 0 Å². The summed E-state index contributed by atoms with van der Waals surface area (Å²) in [6, 6.07) is 4.37. The van der Waals surface area contributed by atoms with E-state index in [1.807, 2.05) is 0 Å². The van der Waals surface area contributed by atoms with Crippen LogP contribution >= 0.6 is 11.8 Å². The van der Waals surface area contributed by atoms with Crippen molar-refractivity contribution in [2.24, 2.45) is 0 Å². The number of anilines is 1. The SMILES string of the molecule is COc1ccc(C(=O)O)cc1N1CC(SC(C)=O)CC1=O. The van der Waals surface area contributed by atoms with Gasteiger partial charge < -0.3 is 14.7 Å². The van der Waals surface area contributed by atoms with Crippen LogP contribution in [0.1, 0.15) is 23.7 Å². The number of aromatic carboxylic acids is 1. The highest BCUT2D eigenvalue weighted by atomic mass is 32.2. The maximum Gasteiger partial charge on any atom is 0.335 e. The minimum Gasteiger partial charge on any atom is -0.495 e. The van der Waals surface area contributed by atoms with Crippen LogP contribution in [-0.2, 0) is 9.59 Å². The molecule has 1 aliphatic heterocycles. The molecule has 1 aromatic carbocycles. The minimum absolute atomic E-state index is 0.0408. The zero-order valence-electron chi connectivity index (χ0n) is 11.7. The van der Waals surface area contributed by atoms with Gasteiger partial charge in [0.1, 0.15) is 5.75 Å². The number of rotatable bonds is 4. The second-order valence-electron chi connectivity index (χ2n) is 4.63. The molecular weight excluding hydrogens is 294 g/mol. The lowest BCUT2D eigenvalue weighted by molar-refractivity contribution is -0.117. The van der Waals surface area contributed by atoms with Gasteiger partial charge in [0, 0.05) is 25.1 Å². The third-order valence-corrected chi connectivity index (χ3v) is 4.12. The standard InChI is InChI=1S/C14H15NO5S/c1-8(16)21-10-6-13(17)15(7-10)11-5-9(14(18)19)3-4-12(11)20-2/h3-5,10H,6-7H2,1-2H3,(H,18,19). The Morgan fingerprint density at radius 2 is 2.14 bits per heavy atom. The van der Waals surface area contributed by atoms with Crippen LogP contribution in [0.4, 0.5) is 5.69 Å². The second kappa shape index (κ2) is 6.17. The van der Waals surface area contributed by atoms with Gasteiger partial charge in [-0.15, -0.1) is 0 Å². The maximum absolute atomic E-state index is 12.1. The molecule has 1 aliphatic rings. The highest BCUT2D eigenvalue weighted by Gasteiger charge is 2.33. The summed E-state index contributed by atoms with van der Waals surface area (Å²) in [6.45, 7) is 1.83. The fraction of sp³-hybridized carbons (Fsp3) is 0.357. The van der Waals surface area contributed by atoms with Crippen molar-refractivity contribution in [2.45, 2.75) is 18.6 Å².